The van der Waals surface area contributed by atoms with Crippen LogP contribution in [0.4, 0.5) is 8.78 Å². The van der Waals surface area contributed by atoms with Gasteiger partial charge in [0.25, 0.3) is 5.91 Å². The number of aliphatic hydroxyl groups excluding tert-OH is 1. The standard InChI is InChI=1S/C19H17ClF2N2O4/c1-2-14-16(8-25)28-19(23-14)9-7-15(26)10(6-13(9)22)18(27)24-17-11(20)4-3-5-12(17)21/h5-7,25-26H,2-4,8H2,1H3,(H,24,27). The number of aliphatic hydroxyl groups is 1. The van der Waals surface area contributed by atoms with E-state index in [0.29, 0.717) is 25.0 Å². The second-order valence-electron chi connectivity index (χ2n) is 6.07. The van der Waals surface area contributed by atoms with Gasteiger partial charge in [0.2, 0.25) is 5.89 Å². The maximum absolute atomic E-state index is 14.6. The molecule has 3 rings (SSSR count). The summed E-state index contributed by atoms with van der Waals surface area (Å²) in [5, 5.41) is 21.9. The van der Waals surface area contributed by atoms with Crippen LogP contribution in [0.1, 0.15) is 41.6 Å². The number of nitrogens with one attached hydrogen (secondary N) is 1. The second-order valence-corrected chi connectivity index (χ2v) is 6.53. The number of rotatable bonds is 5. The lowest BCUT2D eigenvalue weighted by Gasteiger charge is -2.15. The van der Waals surface area contributed by atoms with Gasteiger partial charge >= 0.3 is 0 Å². The van der Waals surface area contributed by atoms with Crippen LogP contribution in [0, 0.1) is 5.82 Å². The first-order valence-electron chi connectivity index (χ1n) is 8.54. The number of phenols is 1. The number of halogens is 3. The van der Waals surface area contributed by atoms with Crippen LogP contribution in [0.15, 0.2) is 39.2 Å². The van der Waals surface area contributed by atoms with E-state index in [4.69, 9.17) is 16.0 Å². The molecule has 9 heteroatoms. The molecule has 2 aromatic rings. The first kappa shape index (κ1) is 20.0. The van der Waals surface area contributed by atoms with Crippen molar-refractivity contribution in [3.63, 3.8) is 0 Å². The number of phenolic OH excluding ortho intramolecular Hbond substituents is 1. The van der Waals surface area contributed by atoms with E-state index in [9.17, 15) is 23.8 Å². The zero-order valence-electron chi connectivity index (χ0n) is 14.9. The van der Waals surface area contributed by atoms with Crippen LogP contribution < -0.4 is 5.32 Å². The van der Waals surface area contributed by atoms with Gasteiger partial charge in [-0.1, -0.05) is 18.5 Å². The summed E-state index contributed by atoms with van der Waals surface area (Å²) in [6.45, 7) is 1.39. The van der Waals surface area contributed by atoms with Crippen LogP contribution in [0.25, 0.3) is 11.5 Å². The van der Waals surface area contributed by atoms with Crippen molar-refractivity contribution in [2.75, 3.05) is 0 Å². The van der Waals surface area contributed by atoms with Gasteiger partial charge in [-0.2, -0.15) is 0 Å². The van der Waals surface area contributed by atoms with Crippen molar-refractivity contribution < 1.29 is 28.2 Å². The van der Waals surface area contributed by atoms with Gasteiger partial charge in [0.05, 0.1) is 22.5 Å². The smallest absolute Gasteiger partial charge is 0.259 e. The number of hydrogen-bond acceptors (Lipinski definition) is 5. The molecule has 1 aromatic carbocycles. The Morgan fingerprint density at radius 2 is 2.14 bits per heavy atom. The predicted octanol–water partition coefficient (Wildman–Crippen LogP) is 4.07. The number of aryl methyl sites for hydroxylation is 1. The number of allylic oxidation sites excluding steroid dienone is 3. The summed E-state index contributed by atoms with van der Waals surface area (Å²) >= 11 is 5.94. The Bertz CT molecular complexity index is 977. The summed E-state index contributed by atoms with van der Waals surface area (Å²) in [5.41, 5.74) is -0.320. The van der Waals surface area contributed by atoms with Crippen LogP contribution in [0.3, 0.4) is 0 Å². The number of hydrogen-bond donors (Lipinski definition) is 3. The molecular formula is C19H17ClF2N2O4. The normalized spacial score (nSPS) is 14.2. The lowest BCUT2D eigenvalue weighted by Crippen LogP contribution is -2.25. The van der Waals surface area contributed by atoms with Gasteiger partial charge in [-0.3, -0.25) is 4.79 Å². The summed E-state index contributed by atoms with van der Waals surface area (Å²) in [6.07, 6.45) is 2.51. The monoisotopic (exact) mass is 410 g/mol. The van der Waals surface area contributed by atoms with E-state index in [-0.39, 0.29) is 27.9 Å². The first-order chi connectivity index (χ1) is 13.3. The molecule has 0 saturated heterocycles. The Morgan fingerprint density at radius 3 is 2.75 bits per heavy atom. The fourth-order valence-electron chi connectivity index (χ4n) is 2.80. The highest BCUT2D eigenvalue weighted by molar-refractivity contribution is 6.30. The van der Waals surface area contributed by atoms with E-state index in [1.807, 2.05) is 0 Å². The highest BCUT2D eigenvalue weighted by Gasteiger charge is 2.23. The minimum atomic E-state index is -0.917. The summed E-state index contributed by atoms with van der Waals surface area (Å²) in [4.78, 5) is 16.5. The molecule has 1 aliphatic carbocycles. The van der Waals surface area contributed by atoms with Gasteiger partial charge in [0, 0.05) is 5.03 Å². The number of oxazole rings is 1. The molecule has 0 radical (unpaired) electrons. The van der Waals surface area contributed by atoms with Crippen molar-refractivity contribution in [3.8, 4) is 17.2 Å². The lowest BCUT2D eigenvalue weighted by molar-refractivity contribution is 0.0961. The Kier molecular flexibility index (Phi) is 5.81. The van der Waals surface area contributed by atoms with Crippen molar-refractivity contribution in [1.29, 1.82) is 0 Å². The maximum Gasteiger partial charge on any atom is 0.259 e. The number of carbonyl (C=O) groups excluding carboxylic acids is 1. The van der Waals surface area contributed by atoms with Crippen LogP contribution in [0.5, 0.6) is 5.75 Å². The topological polar surface area (TPSA) is 95.6 Å². The highest BCUT2D eigenvalue weighted by atomic mass is 35.5. The number of aromatic nitrogens is 1. The summed E-state index contributed by atoms with van der Waals surface area (Å²) in [6, 6.07) is 1.78. The molecule has 28 heavy (non-hydrogen) atoms. The SMILES string of the molecule is CCc1nc(-c2cc(O)c(C(=O)NC3=C(Cl)CCC=C3F)cc2F)oc1CO. The van der Waals surface area contributed by atoms with E-state index in [1.165, 1.54) is 6.08 Å². The lowest BCUT2D eigenvalue weighted by atomic mass is 10.1. The molecule has 1 aromatic heterocycles. The molecule has 0 unspecified atom stereocenters. The Hall–Kier alpha value is -2.71. The third-order valence-corrected chi connectivity index (χ3v) is 4.63. The Morgan fingerprint density at radius 1 is 1.39 bits per heavy atom. The molecule has 0 aliphatic heterocycles. The van der Waals surface area contributed by atoms with Gasteiger partial charge in [-0.05, 0) is 37.5 Å². The van der Waals surface area contributed by atoms with Gasteiger partial charge in [-0.15, -0.1) is 0 Å². The van der Waals surface area contributed by atoms with Gasteiger partial charge in [0.1, 0.15) is 24.0 Å². The quantitative estimate of drug-likeness (QED) is 0.690. The summed E-state index contributed by atoms with van der Waals surface area (Å²) < 4.78 is 33.8. The van der Waals surface area contributed by atoms with Gasteiger partial charge in [0.15, 0.2) is 5.76 Å². The van der Waals surface area contributed by atoms with Crippen LogP contribution in [-0.4, -0.2) is 21.1 Å². The van der Waals surface area contributed by atoms with Crippen molar-refractivity contribution in [1.82, 2.24) is 10.3 Å². The number of carbonyl (C=O) groups is 1. The van der Waals surface area contributed by atoms with Crippen molar-refractivity contribution in [2.45, 2.75) is 32.8 Å². The molecule has 3 N–H and O–H groups in total. The molecule has 6 nitrogen and oxygen atoms in total. The van der Waals surface area contributed by atoms with Gasteiger partial charge < -0.3 is 19.9 Å². The van der Waals surface area contributed by atoms with E-state index in [2.05, 4.69) is 10.3 Å². The third kappa shape index (κ3) is 3.79. The number of nitrogens with zero attached hydrogens (tertiary/aromatic N) is 1. The molecule has 1 amide bonds. The van der Waals surface area contributed by atoms with Crippen molar-refractivity contribution >= 4 is 17.5 Å². The third-order valence-electron chi connectivity index (χ3n) is 4.25. The Balaban J connectivity index is 1.93. The summed E-state index contributed by atoms with van der Waals surface area (Å²) in [5.74, 6) is -2.97. The molecule has 0 atom stereocenters. The minimum absolute atomic E-state index is 0.132. The molecule has 1 aliphatic rings. The predicted molar refractivity (Wildman–Crippen MR) is 97.6 cm³/mol. The van der Waals surface area contributed by atoms with Crippen molar-refractivity contribution in [3.05, 3.63) is 57.6 Å². The average Bonchev–Trinajstić information content (AvgIpc) is 3.09. The molecule has 148 valence electrons. The fourth-order valence-corrected chi connectivity index (χ4v) is 3.04. The van der Waals surface area contributed by atoms with Crippen LogP contribution >= 0.6 is 11.6 Å². The Labute approximate surface area is 164 Å². The molecular weight excluding hydrogens is 394 g/mol. The zero-order valence-corrected chi connectivity index (χ0v) is 15.6. The molecule has 1 heterocycles. The molecule has 0 fully saturated rings. The molecule has 0 bridgehead atoms. The summed E-state index contributed by atoms with van der Waals surface area (Å²) in [7, 11) is 0. The number of amides is 1. The van der Waals surface area contributed by atoms with Gasteiger partial charge in [-0.25, -0.2) is 13.8 Å². The van der Waals surface area contributed by atoms with E-state index < -0.39 is 35.5 Å². The number of benzene rings is 1. The second kappa shape index (κ2) is 8.12. The van der Waals surface area contributed by atoms with Crippen molar-refractivity contribution in [2.24, 2.45) is 0 Å². The molecule has 0 spiro atoms. The highest BCUT2D eigenvalue weighted by Crippen LogP contribution is 2.32. The largest absolute Gasteiger partial charge is 0.507 e. The van der Waals surface area contributed by atoms with E-state index in [1.54, 1.807) is 6.92 Å². The maximum atomic E-state index is 14.6. The average molecular weight is 411 g/mol. The zero-order chi connectivity index (χ0) is 20.4. The first-order valence-corrected chi connectivity index (χ1v) is 8.91. The minimum Gasteiger partial charge on any atom is -0.507 e. The van der Waals surface area contributed by atoms with E-state index >= 15 is 0 Å². The fraction of sp³-hybridized carbons (Fsp3) is 0.263. The van der Waals surface area contributed by atoms with E-state index in [0.717, 1.165) is 12.1 Å². The molecule has 0 saturated carbocycles. The van der Waals surface area contributed by atoms with Crippen LogP contribution in [0.2, 0.25) is 0 Å². The van der Waals surface area contributed by atoms with Crippen LogP contribution in [-0.2, 0) is 13.0 Å². The number of aromatic hydroxyl groups is 1.